The smallest absolute Gasteiger partial charge is 0.0449 e. The minimum atomic E-state index is 0.765. The van der Waals surface area contributed by atoms with Gasteiger partial charge < -0.3 is 11.5 Å². The second-order valence-electron chi connectivity index (χ2n) is 5.48. The van der Waals surface area contributed by atoms with Gasteiger partial charge in [-0.3, -0.25) is 0 Å². The SMILES string of the molecule is NCCCc1ccc(-c2ccc(-c3ccc(CCCN)s3)s2)s1. The van der Waals surface area contributed by atoms with Crippen LogP contribution in [-0.4, -0.2) is 13.1 Å². The zero-order chi connectivity index (χ0) is 16.1. The van der Waals surface area contributed by atoms with Crippen LogP contribution in [0.3, 0.4) is 0 Å². The predicted octanol–water partition coefficient (Wildman–Crippen LogP) is 4.99. The monoisotopic (exact) mass is 362 g/mol. The summed E-state index contributed by atoms with van der Waals surface area (Å²) >= 11 is 5.68. The molecule has 0 aromatic carbocycles. The Hall–Kier alpha value is -0.980. The van der Waals surface area contributed by atoms with Crippen molar-refractivity contribution < 1.29 is 0 Å². The number of thiophene rings is 3. The Morgan fingerprint density at radius 3 is 1.39 bits per heavy atom. The highest BCUT2D eigenvalue weighted by Gasteiger charge is 2.09. The molecule has 122 valence electrons. The molecule has 0 fully saturated rings. The van der Waals surface area contributed by atoms with Crippen molar-refractivity contribution in [1.29, 1.82) is 0 Å². The van der Waals surface area contributed by atoms with Gasteiger partial charge >= 0.3 is 0 Å². The van der Waals surface area contributed by atoms with Crippen LogP contribution in [0, 0.1) is 0 Å². The largest absolute Gasteiger partial charge is 0.330 e. The average molecular weight is 363 g/mol. The zero-order valence-electron chi connectivity index (χ0n) is 13.1. The molecule has 0 aliphatic heterocycles. The molecular weight excluding hydrogens is 340 g/mol. The molecule has 0 saturated heterocycles. The lowest BCUT2D eigenvalue weighted by Crippen LogP contribution is -1.98. The van der Waals surface area contributed by atoms with E-state index in [0.29, 0.717) is 0 Å². The van der Waals surface area contributed by atoms with Gasteiger partial charge in [0, 0.05) is 29.3 Å². The summed E-state index contributed by atoms with van der Waals surface area (Å²) in [5.41, 5.74) is 11.2. The fourth-order valence-corrected chi connectivity index (χ4v) is 5.73. The highest BCUT2D eigenvalue weighted by molar-refractivity contribution is 7.26. The second kappa shape index (κ2) is 8.22. The summed E-state index contributed by atoms with van der Waals surface area (Å²) in [7, 11) is 0. The van der Waals surface area contributed by atoms with E-state index in [9.17, 15) is 0 Å². The van der Waals surface area contributed by atoms with Gasteiger partial charge in [0.1, 0.15) is 0 Å². The van der Waals surface area contributed by atoms with Crippen molar-refractivity contribution in [3.8, 4) is 19.5 Å². The van der Waals surface area contributed by atoms with Crippen LogP contribution in [0.4, 0.5) is 0 Å². The van der Waals surface area contributed by atoms with E-state index in [4.69, 9.17) is 11.5 Å². The van der Waals surface area contributed by atoms with E-state index in [1.54, 1.807) is 0 Å². The first-order valence-electron chi connectivity index (χ1n) is 7.98. The van der Waals surface area contributed by atoms with Crippen LogP contribution in [-0.2, 0) is 12.8 Å². The Morgan fingerprint density at radius 1 is 0.565 bits per heavy atom. The zero-order valence-corrected chi connectivity index (χ0v) is 15.5. The first-order chi connectivity index (χ1) is 11.3. The lowest BCUT2D eigenvalue weighted by Gasteiger charge is -1.94. The summed E-state index contributed by atoms with van der Waals surface area (Å²) < 4.78 is 0. The molecule has 5 heteroatoms. The molecule has 0 atom stereocenters. The standard InChI is InChI=1S/C18H22N2S3/c19-11-1-3-13-5-7-15(21-13)17-9-10-18(23-17)16-8-6-14(22-16)4-2-12-20/h5-10H,1-4,11-12,19-20H2. The normalized spacial score (nSPS) is 11.2. The van der Waals surface area contributed by atoms with E-state index in [0.717, 1.165) is 38.8 Å². The van der Waals surface area contributed by atoms with Gasteiger partial charge in [0.15, 0.2) is 0 Å². The third-order valence-electron chi connectivity index (χ3n) is 3.67. The second-order valence-corrected chi connectivity index (χ2v) is 8.90. The average Bonchev–Trinajstić information content (AvgIpc) is 3.29. The molecule has 0 unspecified atom stereocenters. The van der Waals surface area contributed by atoms with Crippen molar-refractivity contribution in [2.45, 2.75) is 25.7 Å². The van der Waals surface area contributed by atoms with E-state index >= 15 is 0 Å². The first-order valence-corrected chi connectivity index (χ1v) is 10.4. The molecule has 0 aliphatic carbocycles. The Morgan fingerprint density at radius 2 is 0.957 bits per heavy atom. The topological polar surface area (TPSA) is 52.0 Å². The van der Waals surface area contributed by atoms with Gasteiger partial charge in [-0.25, -0.2) is 0 Å². The third kappa shape index (κ3) is 4.31. The molecule has 23 heavy (non-hydrogen) atoms. The Labute approximate surface area is 149 Å². The summed E-state index contributed by atoms with van der Waals surface area (Å²) in [6.45, 7) is 1.53. The molecule has 0 amide bonds. The highest BCUT2D eigenvalue weighted by atomic mass is 32.1. The van der Waals surface area contributed by atoms with Gasteiger partial charge in [-0.2, -0.15) is 0 Å². The third-order valence-corrected chi connectivity index (χ3v) is 7.44. The van der Waals surface area contributed by atoms with Crippen molar-refractivity contribution in [3.63, 3.8) is 0 Å². The minimum absolute atomic E-state index is 0.765. The van der Waals surface area contributed by atoms with Crippen LogP contribution in [0.5, 0.6) is 0 Å². The summed E-state index contributed by atoms with van der Waals surface area (Å²) in [6.07, 6.45) is 4.32. The minimum Gasteiger partial charge on any atom is -0.330 e. The van der Waals surface area contributed by atoms with Crippen molar-refractivity contribution in [2.24, 2.45) is 11.5 Å². The maximum Gasteiger partial charge on any atom is 0.0449 e. The molecule has 2 nitrogen and oxygen atoms in total. The van der Waals surface area contributed by atoms with Crippen molar-refractivity contribution in [2.75, 3.05) is 13.1 Å². The Balaban J connectivity index is 1.72. The summed E-state index contributed by atoms with van der Waals surface area (Å²) in [4.78, 5) is 8.32. The van der Waals surface area contributed by atoms with Gasteiger partial charge in [-0.15, -0.1) is 34.0 Å². The quantitative estimate of drug-likeness (QED) is 0.593. The molecule has 0 saturated carbocycles. The molecule has 3 rings (SSSR count). The Kier molecular flexibility index (Phi) is 6.02. The Bertz CT molecular complexity index is 678. The van der Waals surface area contributed by atoms with E-state index in [1.165, 1.54) is 29.3 Å². The van der Waals surface area contributed by atoms with E-state index < -0.39 is 0 Å². The maximum absolute atomic E-state index is 5.60. The molecule has 3 aromatic heterocycles. The fraction of sp³-hybridized carbons (Fsp3) is 0.333. The molecular formula is C18H22N2S3. The van der Waals surface area contributed by atoms with E-state index in [1.807, 2.05) is 34.0 Å². The van der Waals surface area contributed by atoms with Gasteiger partial charge in [-0.05, 0) is 75.2 Å². The predicted molar refractivity (Wildman–Crippen MR) is 106 cm³/mol. The lowest BCUT2D eigenvalue weighted by molar-refractivity contribution is 0.843. The first kappa shape index (κ1) is 16.9. The van der Waals surface area contributed by atoms with Crippen molar-refractivity contribution in [3.05, 3.63) is 46.2 Å². The number of rotatable bonds is 8. The van der Waals surface area contributed by atoms with E-state index in [-0.39, 0.29) is 0 Å². The van der Waals surface area contributed by atoms with Crippen LogP contribution in [0.15, 0.2) is 36.4 Å². The summed E-state index contributed by atoms with van der Waals surface area (Å²) in [6, 6.07) is 13.5. The molecule has 0 bridgehead atoms. The number of hydrogen-bond donors (Lipinski definition) is 2. The molecule has 0 aliphatic rings. The molecule has 4 N–H and O–H groups in total. The van der Waals surface area contributed by atoms with Gasteiger partial charge in [0.25, 0.3) is 0 Å². The number of hydrogen-bond acceptors (Lipinski definition) is 5. The molecule has 0 spiro atoms. The van der Waals surface area contributed by atoms with Gasteiger partial charge in [-0.1, -0.05) is 0 Å². The number of aryl methyl sites for hydroxylation is 2. The van der Waals surface area contributed by atoms with Crippen molar-refractivity contribution in [1.82, 2.24) is 0 Å². The van der Waals surface area contributed by atoms with Crippen LogP contribution in [0.1, 0.15) is 22.6 Å². The fourth-order valence-electron chi connectivity index (χ4n) is 2.44. The molecule has 0 radical (unpaired) electrons. The van der Waals surface area contributed by atoms with E-state index in [2.05, 4.69) is 36.4 Å². The lowest BCUT2D eigenvalue weighted by atomic mass is 10.2. The van der Waals surface area contributed by atoms with Crippen LogP contribution < -0.4 is 11.5 Å². The van der Waals surface area contributed by atoms with Crippen LogP contribution in [0.25, 0.3) is 19.5 Å². The summed E-state index contributed by atoms with van der Waals surface area (Å²) in [5, 5.41) is 0. The van der Waals surface area contributed by atoms with Gasteiger partial charge in [0.05, 0.1) is 0 Å². The maximum atomic E-state index is 5.60. The molecule has 3 heterocycles. The molecule has 3 aromatic rings. The number of nitrogens with two attached hydrogens (primary N) is 2. The van der Waals surface area contributed by atoms with Crippen LogP contribution >= 0.6 is 34.0 Å². The van der Waals surface area contributed by atoms with Crippen molar-refractivity contribution >= 4 is 34.0 Å². The van der Waals surface area contributed by atoms with Crippen LogP contribution in [0.2, 0.25) is 0 Å². The summed E-state index contributed by atoms with van der Waals surface area (Å²) in [5.74, 6) is 0. The van der Waals surface area contributed by atoms with Gasteiger partial charge in [0.2, 0.25) is 0 Å². The highest BCUT2D eigenvalue weighted by Crippen LogP contribution is 2.40.